The second kappa shape index (κ2) is 5.38. The monoisotopic (exact) mass is 261 g/mol. The van der Waals surface area contributed by atoms with Gasteiger partial charge in [0, 0.05) is 11.4 Å². The van der Waals surface area contributed by atoms with Crippen molar-refractivity contribution >= 4 is 17.0 Å². The number of carbonyl (C=O) groups excluding carboxylic acids is 1. The number of ether oxygens (including phenoxy) is 1. The van der Waals surface area contributed by atoms with Crippen LogP contribution >= 0.6 is 0 Å². The second-order valence-electron chi connectivity index (χ2n) is 4.85. The summed E-state index contributed by atoms with van der Waals surface area (Å²) in [7, 11) is 0. The van der Waals surface area contributed by atoms with E-state index >= 15 is 0 Å². The normalized spacial score (nSPS) is 11.2. The molecule has 0 fully saturated rings. The van der Waals surface area contributed by atoms with Crippen LogP contribution in [0.4, 0.5) is 0 Å². The highest BCUT2D eigenvalue weighted by Crippen LogP contribution is 2.19. The van der Waals surface area contributed by atoms with Crippen molar-refractivity contribution < 1.29 is 9.53 Å². The molecule has 102 valence electrons. The van der Waals surface area contributed by atoms with Crippen LogP contribution in [-0.2, 0) is 4.74 Å². The van der Waals surface area contributed by atoms with Crippen molar-refractivity contribution in [1.29, 1.82) is 0 Å². The molecule has 0 bridgehead atoms. The Kier molecular flexibility index (Phi) is 3.83. The van der Waals surface area contributed by atoms with Crippen LogP contribution in [0.1, 0.15) is 49.3 Å². The van der Waals surface area contributed by atoms with Gasteiger partial charge in [0.15, 0.2) is 5.65 Å². The van der Waals surface area contributed by atoms with Crippen LogP contribution in [0.2, 0.25) is 0 Å². The number of esters is 1. The SMILES string of the molecule is CCCOC(=O)c1cc2cnn(C(C)C)c2nc1C. The standard InChI is InChI=1S/C14H19N3O2/c1-5-6-19-14(18)12-7-11-8-15-17(9(2)3)13(11)16-10(12)4/h7-9H,5-6H2,1-4H3. The van der Waals surface area contributed by atoms with Gasteiger partial charge in [0.05, 0.1) is 24.1 Å². The summed E-state index contributed by atoms with van der Waals surface area (Å²) in [6.45, 7) is 8.31. The molecule has 0 spiro atoms. The van der Waals surface area contributed by atoms with Gasteiger partial charge in [-0.1, -0.05) is 6.92 Å². The van der Waals surface area contributed by atoms with Gasteiger partial charge in [-0.15, -0.1) is 0 Å². The Labute approximate surface area is 112 Å². The number of hydrogen-bond acceptors (Lipinski definition) is 4. The lowest BCUT2D eigenvalue weighted by Gasteiger charge is -2.09. The van der Waals surface area contributed by atoms with Crippen molar-refractivity contribution in [2.24, 2.45) is 0 Å². The van der Waals surface area contributed by atoms with Crippen LogP contribution in [0.15, 0.2) is 12.3 Å². The summed E-state index contributed by atoms with van der Waals surface area (Å²) < 4.78 is 7.01. The van der Waals surface area contributed by atoms with E-state index in [0.717, 1.165) is 17.5 Å². The minimum atomic E-state index is -0.314. The maximum absolute atomic E-state index is 11.9. The van der Waals surface area contributed by atoms with Gasteiger partial charge in [0.1, 0.15) is 0 Å². The molecular formula is C14H19N3O2. The molecule has 0 unspecified atom stereocenters. The molecule has 2 heterocycles. The summed E-state index contributed by atoms with van der Waals surface area (Å²) in [4.78, 5) is 16.4. The maximum Gasteiger partial charge on any atom is 0.340 e. The second-order valence-corrected chi connectivity index (χ2v) is 4.85. The van der Waals surface area contributed by atoms with Crippen LogP contribution in [0.3, 0.4) is 0 Å². The number of aryl methyl sites for hydroxylation is 1. The Morgan fingerprint density at radius 3 is 2.84 bits per heavy atom. The van der Waals surface area contributed by atoms with Crippen molar-refractivity contribution in [3.63, 3.8) is 0 Å². The van der Waals surface area contributed by atoms with Crippen LogP contribution < -0.4 is 0 Å². The average molecular weight is 261 g/mol. The quantitative estimate of drug-likeness (QED) is 0.794. The highest BCUT2D eigenvalue weighted by molar-refractivity contribution is 5.94. The van der Waals surface area contributed by atoms with Crippen molar-refractivity contribution in [1.82, 2.24) is 14.8 Å². The highest BCUT2D eigenvalue weighted by atomic mass is 16.5. The van der Waals surface area contributed by atoms with Crippen molar-refractivity contribution in [2.45, 2.75) is 40.2 Å². The molecule has 2 aromatic rings. The Bertz CT molecular complexity index is 602. The fourth-order valence-electron chi connectivity index (χ4n) is 1.92. The molecule has 5 nitrogen and oxygen atoms in total. The van der Waals surface area contributed by atoms with Gasteiger partial charge in [-0.05, 0) is 33.3 Å². The van der Waals surface area contributed by atoms with Gasteiger partial charge >= 0.3 is 5.97 Å². The third kappa shape index (κ3) is 2.59. The van der Waals surface area contributed by atoms with Gasteiger partial charge < -0.3 is 4.74 Å². The Hall–Kier alpha value is -1.91. The molecule has 19 heavy (non-hydrogen) atoms. The molecule has 0 atom stereocenters. The fraction of sp³-hybridized carbons (Fsp3) is 0.500. The first-order valence-electron chi connectivity index (χ1n) is 6.56. The zero-order valence-electron chi connectivity index (χ0n) is 11.8. The first-order valence-corrected chi connectivity index (χ1v) is 6.56. The highest BCUT2D eigenvalue weighted by Gasteiger charge is 2.15. The minimum Gasteiger partial charge on any atom is -0.462 e. The third-order valence-electron chi connectivity index (χ3n) is 2.91. The Morgan fingerprint density at radius 1 is 1.47 bits per heavy atom. The zero-order chi connectivity index (χ0) is 14.0. The van der Waals surface area contributed by atoms with Crippen molar-refractivity contribution in [2.75, 3.05) is 6.61 Å². The Morgan fingerprint density at radius 2 is 2.21 bits per heavy atom. The molecule has 2 aromatic heterocycles. The van der Waals surface area contributed by atoms with Gasteiger partial charge in [-0.3, -0.25) is 0 Å². The fourth-order valence-corrected chi connectivity index (χ4v) is 1.92. The molecule has 5 heteroatoms. The number of carbonyl (C=O) groups is 1. The van der Waals surface area contributed by atoms with E-state index in [9.17, 15) is 4.79 Å². The van der Waals surface area contributed by atoms with E-state index < -0.39 is 0 Å². The van der Waals surface area contributed by atoms with E-state index in [2.05, 4.69) is 10.1 Å². The lowest BCUT2D eigenvalue weighted by atomic mass is 10.2. The van der Waals surface area contributed by atoms with Crippen LogP contribution in [-0.4, -0.2) is 27.3 Å². The van der Waals surface area contributed by atoms with Crippen molar-refractivity contribution in [3.05, 3.63) is 23.5 Å². The summed E-state index contributed by atoms with van der Waals surface area (Å²) in [5.41, 5.74) is 2.00. The van der Waals surface area contributed by atoms with Gasteiger partial charge in [0.25, 0.3) is 0 Å². The van der Waals surface area contributed by atoms with Crippen LogP contribution in [0.25, 0.3) is 11.0 Å². The summed E-state index contributed by atoms with van der Waals surface area (Å²) in [5, 5.41) is 5.16. The van der Waals surface area contributed by atoms with Crippen LogP contribution in [0.5, 0.6) is 0 Å². The van der Waals surface area contributed by atoms with Gasteiger partial charge in [-0.2, -0.15) is 5.10 Å². The molecule has 0 radical (unpaired) electrons. The molecule has 0 amide bonds. The van der Waals surface area contributed by atoms with E-state index in [1.54, 1.807) is 6.20 Å². The largest absolute Gasteiger partial charge is 0.462 e. The van der Waals surface area contributed by atoms with Gasteiger partial charge in [-0.25, -0.2) is 14.5 Å². The lowest BCUT2D eigenvalue weighted by molar-refractivity contribution is 0.0504. The number of rotatable bonds is 4. The lowest BCUT2D eigenvalue weighted by Crippen LogP contribution is -2.10. The first kappa shape index (κ1) is 13.5. The zero-order valence-corrected chi connectivity index (χ0v) is 11.8. The van der Waals surface area contributed by atoms with Crippen molar-refractivity contribution in [3.8, 4) is 0 Å². The van der Waals surface area contributed by atoms with Gasteiger partial charge in [0.2, 0.25) is 0 Å². The molecule has 0 aliphatic rings. The van der Waals surface area contributed by atoms with E-state index in [4.69, 9.17) is 4.74 Å². The molecule has 0 saturated carbocycles. The summed E-state index contributed by atoms with van der Waals surface area (Å²) in [6, 6.07) is 2.05. The number of hydrogen-bond donors (Lipinski definition) is 0. The smallest absolute Gasteiger partial charge is 0.340 e. The van der Waals surface area contributed by atoms with E-state index in [0.29, 0.717) is 17.9 Å². The minimum absolute atomic E-state index is 0.238. The predicted octanol–water partition coefficient (Wildman–Crippen LogP) is 2.89. The third-order valence-corrected chi connectivity index (χ3v) is 2.91. The van der Waals surface area contributed by atoms with E-state index in [1.165, 1.54) is 0 Å². The van der Waals surface area contributed by atoms with E-state index in [-0.39, 0.29) is 12.0 Å². The molecule has 2 rings (SSSR count). The van der Waals surface area contributed by atoms with E-state index in [1.807, 2.05) is 38.4 Å². The number of pyridine rings is 1. The summed E-state index contributed by atoms with van der Waals surface area (Å²) >= 11 is 0. The predicted molar refractivity (Wildman–Crippen MR) is 73.2 cm³/mol. The Balaban J connectivity index is 2.43. The number of nitrogens with zero attached hydrogens (tertiary/aromatic N) is 3. The molecule has 0 aliphatic carbocycles. The maximum atomic E-state index is 11.9. The number of fused-ring (bicyclic) bond motifs is 1. The van der Waals surface area contributed by atoms with Crippen LogP contribution in [0, 0.1) is 6.92 Å². The number of aromatic nitrogens is 3. The topological polar surface area (TPSA) is 57.0 Å². The molecule has 0 aliphatic heterocycles. The molecule has 0 N–H and O–H groups in total. The first-order chi connectivity index (χ1) is 9.04. The molecule has 0 saturated heterocycles. The average Bonchev–Trinajstić information content (AvgIpc) is 2.77. The summed E-state index contributed by atoms with van der Waals surface area (Å²) in [5.74, 6) is -0.314. The summed E-state index contributed by atoms with van der Waals surface area (Å²) in [6.07, 6.45) is 2.55. The molecular weight excluding hydrogens is 242 g/mol. The molecule has 0 aromatic carbocycles.